The second-order valence-corrected chi connectivity index (χ2v) is 5.99. The number of hydrogen-bond donors (Lipinski definition) is 2. The van der Waals surface area contributed by atoms with Gasteiger partial charge in [-0.2, -0.15) is 5.10 Å². The molecule has 1 atom stereocenters. The minimum absolute atomic E-state index is 0.0607. The summed E-state index contributed by atoms with van der Waals surface area (Å²) in [7, 11) is 0. The van der Waals surface area contributed by atoms with Crippen molar-refractivity contribution in [2.75, 3.05) is 13.1 Å². The van der Waals surface area contributed by atoms with Gasteiger partial charge in [0.15, 0.2) is 0 Å². The van der Waals surface area contributed by atoms with E-state index in [1.54, 1.807) is 17.0 Å². The zero-order valence-corrected chi connectivity index (χ0v) is 13.4. The molecule has 9 heteroatoms. The number of carbonyl (C=O) groups excluding carboxylic acids is 2. The number of rotatable bonds is 5. The molecule has 0 aliphatic carbocycles. The summed E-state index contributed by atoms with van der Waals surface area (Å²) in [5.74, 6) is -0.701. The molecule has 3 rings (SSSR count). The van der Waals surface area contributed by atoms with Crippen molar-refractivity contribution in [3.8, 4) is 0 Å². The van der Waals surface area contributed by atoms with E-state index in [2.05, 4.69) is 15.5 Å². The van der Waals surface area contributed by atoms with Crippen LogP contribution in [0.2, 0.25) is 0 Å². The predicted octanol–water partition coefficient (Wildman–Crippen LogP) is -0.330. The lowest BCUT2D eigenvalue weighted by Crippen LogP contribution is -2.41. The van der Waals surface area contributed by atoms with Gasteiger partial charge >= 0.3 is 5.69 Å². The lowest BCUT2D eigenvalue weighted by molar-refractivity contribution is -0.130. The zero-order valence-electron chi connectivity index (χ0n) is 13.4. The fourth-order valence-electron chi connectivity index (χ4n) is 2.80. The summed E-state index contributed by atoms with van der Waals surface area (Å²) in [5, 5.41) is 8.59. The van der Waals surface area contributed by atoms with Crippen LogP contribution in [0.1, 0.15) is 12.0 Å². The van der Waals surface area contributed by atoms with Gasteiger partial charge in [-0.1, -0.05) is 12.1 Å². The van der Waals surface area contributed by atoms with Crippen molar-refractivity contribution in [2.45, 2.75) is 25.4 Å². The monoisotopic (exact) mass is 347 g/mol. The van der Waals surface area contributed by atoms with Gasteiger partial charge in [0.1, 0.15) is 18.7 Å². The largest absolute Gasteiger partial charge is 0.350 e. The number of halogens is 1. The summed E-state index contributed by atoms with van der Waals surface area (Å²) in [6.45, 7) is 0.859. The van der Waals surface area contributed by atoms with E-state index in [1.165, 1.54) is 23.0 Å². The van der Waals surface area contributed by atoms with Gasteiger partial charge in [-0.25, -0.2) is 14.3 Å². The number of aromatic nitrogens is 3. The van der Waals surface area contributed by atoms with E-state index in [9.17, 15) is 18.8 Å². The van der Waals surface area contributed by atoms with Gasteiger partial charge in [0.25, 0.3) is 0 Å². The molecular formula is C16H18FN5O3. The third kappa shape index (κ3) is 4.31. The maximum absolute atomic E-state index is 12.9. The molecule has 0 radical (unpaired) electrons. The van der Waals surface area contributed by atoms with Gasteiger partial charge < -0.3 is 10.2 Å². The Bertz CT molecular complexity index is 814. The average Bonchev–Trinajstić information content (AvgIpc) is 3.19. The van der Waals surface area contributed by atoms with Gasteiger partial charge in [-0.15, -0.1) is 0 Å². The van der Waals surface area contributed by atoms with Crippen LogP contribution < -0.4 is 11.0 Å². The molecule has 1 fully saturated rings. The highest BCUT2D eigenvalue weighted by Crippen LogP contribution is 2.12. The molecule has 1 aliphatic heterocycles. The summed E-state index contributed by atoms with van der Waals surface area (Å²) in [6.07, 6.45) is 2.11. The Hall–Kier alpha value is -2.97. The van der Waals surface area contributed by atoms with Gasteiger partial charge in [0, 0.05) is 19.1 Å². The van der Waals surface area contributed by atoms with Crippen molar-refractivity contribution in [1.29, 1.82) is 0 Å². The molecule has 2 amide bonds. The molecule has 1 aromatic carbocycles. The Labute approximate surface area is 142 Å². The van der Waals surface area contributed by atoms with Crippen LogP contribution in [0.5, 0.6) is 0 Å². The highest BCUT2D eigenvalue weighted by molar-refractivity contribution is 5.79. The fraction of sp³-hybridized carbons (Fsp3) is 0.375. The standard InChI is InChI=1S/C16H18FN5O3/c17-12-3-1-11(2-4-12)7-15(24)21-6-5-13(8-21)19-14(23)9-22-10-18-20-16(22)25/h1-4,10,13H,5-9H2,(H,19,23)(H,20,25). The van der Waals surface area contributed by atoms with E-state index in [0.29, 0.717) is 19.5 Å². The number of likely N-dealkylation sites (tertiary alicyclic amines) is 1. The Balaban J connectivity index is 1.48. The number of carbonyl (C=O) groups is 2. The molecule has 2 heterocycles. The first kappa shape index (κ1) is 16.9. The Morgan fingerprint density at radius 3 is 2.76 bits per heavy atom. The molecule has 1 aliphatic rings. The maximum Gasteiger partial charge on any atom is 0.343 e. The molecular weight excluding hydrogens is 329 g/mol. The minimum Gasteiger partial charge on any atom is -0.350 e. The van der Waals surface area contributed by atoms with Crippen LogP contribution in [0.4, 0.5) is 4.39 Å². The van der Waals surface area contributed by atoms with E-state index in [-0.39, 0.29) is 36.6 Å². The normalized spacial score (nSPS) is 16.8. The first-order chi connectivity index (χ1) is 12.0. The highest BCUT2D eigenvalue weighted by Gasteiger charge is 2.27. The lowest BCUT2D eigenvalue weighted by Gasteiger charge is -2.17. The molecule has 0 saturated carbocycles. The molecule has 0 bridgehead atoms. The predicted molar refractivity (Wildman–Crippen MR) is 86.1 cm³/mol. The van der Waals surface area contributed by atoms with Crippen molar-refractivity contribution in [3.05, 3.63) is 52.5 Å². The number of aromatic amines is 1. The van der Waals surface area contributed by atoms with Crippen LogP contribution in [-0.4, -0.2) is 50.6 Å². The quantitative estimate of drug-likeness (QED) is 0.773. The first-order valence-corrected chi connectivity index (χ1v) is 7.92. The van der Waals surface area contributed by atoms with Gasteiger partial charge in [-0.05, 0) is 24.1 Å². The van der Waals surface area contributed by atoms with Crippen molar-refractivity contribution >= 4 is 11.8 Å². The first-order valence-electron chi connectivity index (χ1n) is 7.92. The van der Waals surface area contributed by atoms with E-state index >= 15 is 0 Å². The van der Waals surface area contributed by atoms with Crippen molar-refractivity contribution < 1.29 is 14.0 Å². The molecule has 25 heavy (non-hydrogen) atoms. The summed E-state index contributed by atoms with van der Waals surface area (Å²) in [5.41, 5.74) is 0.302. The van der Waals surface area contributed by atoms with Crippen LogP contribution in [-0.2, 0) is 22.6 Å². The summed E-state index contributed by atoms with van der Waals surface area (Å²) >= 11 is 0. The molecule has 2 aromatic rings. The number of nitrogens with zero attached hydrogens (tertiary/aromatic N) is 3. The second kappa shape index (κ2) is 7.29. The topological polar surface area (TPSA) is 100 Å². The van der Waals surface area contributed by atoms with E-state index < -0.39 is 5.69 Å². The Morgan fingerprint density at radius 1 is 1.32 bits per heavy atom. The van der Waals surface area contributed by atoms with E-state index in [1.807, 2.05) is 0 Å². The third-order valence-corrected chi connectivity index (χ3v) is 4.11. The minimum atomic E-state index is -0.447. The highest BCUT2D eigenvalue weighted by atomic mass is 19.1. The summed E-state index contributed by atoms with van der Waals surface area (Å²) < 4.78 is 14.1. The summed E-state index contributed by atoms with van der Waals surface area (Å²) in [6, 6.07) is 5.68. The number of nitrogens with one attached hydrogen (secondary N) is 2. The van der Waals surface area contributed by atoms with Crippen LogP contribution in [0.25, 0.3) is 0 Å². The number of hydrogen-bond acceptors (Lipinski definition) is 4. The molecule has 1 unspecified atom stereocenters. The van der Waals surface area contributed by atoms with Crippen LogP contribution in [0.15, 0.2) is 35.4 Å². The Kier molecular flexibility index (Phi) is 4.92. The smallest absolute Gasteiger partial charge is 0.343 e. The van der Waals surface area contributed by atoms with Crippen molar-refractivity contribution in [3.63, 3.8) is 0 Å². The molecule has 2 N–H and O–H groups in total. The van der Waals surface area contributed by atoms with Crippen LogP contribution in [0, 0.1) is 5.82 Å². The molecule has 0 spiro atoms. The maximum atomic E-state index is 12.9. The van der Waals surface area contributed by atoms with Crippen molar-refractivity contribution in [2.24, 2.45) is 0 Å². The van der Waals surface area contributed by atoms with Crippen LogP contribution >= 0.6 is 0 Å². The molecule has 1 saturated heterocycles. The fourth-order valence-corrected chi connectivity index (χ4v) is 2.80. The van der Waals surface area contributed by atoms with Crippen LogP contribution in [0.3, 0.4) is 0 Å². The molecule has 132 valence electrons. The van der Waals surface area contributed by atoms with Gasteiger partial charge in [-0.3, -0.25) is 14.2 Å². The lowest BCUT2D eigenvalue weighted by atomic mass is 10.1. The molecule has 1 aromatic heterocycles. The number of amides is 2. The molecule has 8 nitrogen and oxygen atoms in total. The zero-order chi connectivity index (χ0) is 17.8. The van der Waals surface area contributed by atoms with E-state index in [4.69, 9.17) is 0 Å². The number of benzene rings is 1. The Morgan fingerprint density at radius 2 is 2.08 bits per heavy atom. The number of H-pyrrole nitrogens is 1. The van der Waals surface area contributed by atoms with Gasteiger partial charge in [0.05, 0.1) is 6.42 Å². The second-order valence-electron chi connectivity index (χ2n) is 5.99. The third-order valence-electron chi connectivity index (χ3n) is 4.11. The van der Waals surface area contributed by atoms with E-state index in [0.717, 1.165) is 5.56 Å². The SMILES string of the molecule is O=C(Cn1cn[nH]c1=O)NC1CCN(C(=O)Cc2ccc(F)cc2)C1. The average molecular weight is 347 g/mol. The van der Waals surface area contributed by atoms with Crippen molar-refractivity contribution in [1.82, 2.24) is 25.0 Å². The summed E-state index contributed by atoms with van der Waals surface area (Å²) in [4.78, 5) is 37.3. The van der Waals surface area contributed by atoms with Gasteiger partial charge in [0.2, 0.25) is 11.8 Å².